The summed E-state index contributed by atoms with van der Waals surface area (Å²) in [5.41, 5.74) is 2.98. The minimum absolute atomic E-state index is 0.137. The molecule has 1 heterocycles. The van der Waals surface area contributed by atoms with E-state index in [0.717, 1.165) is 17.4 Å². The first kappa shape index (κ1) is 16.6. The summed E-state index contributed by atoms with van der Waals surface area (Å²) in [5, 5.41) is 14.0. The molecule has 0 amide bonds. The van der Waals surface area contributed by atoms with E-state index < -0.39 is 12.6 Å². The number of rotatable bonds is 5. The van der Waals surface area contributed by atoms with Crippen molar-refractivity contribution in [2.45, 2.75) is 13.3 Å². The third-order valence-corrected chi connectivity index (χ3v) is 4.46. The van der Waals surface area contributed by atoms with Gasteiger partial charge in [0.15, 0.2) is 12.2 Å². The van der Waals surface area contributed by atoms with Gasteiger partial charge in [-0.05, 0) is 36.2 Å². The molecule has 0 aliphatic carbocycles. The van der Waals surface area contributed by atoms with Crippen LogP contribution in [0.3, 0.4) is 0 Å². The summed E-state index contributed by atoms with van der Waals surface area (Å²) < 4.78 is 10.5. The number of aromatic nitrogens is 1. The maximum absolute atomic E-state index is 10.6. The molecule has 0 aliphatic rings. The SMILES string of the molecule is CCc1ccc2onc(-c3ccc(OCC(=O)O)c(Cl)c3Cl)c2c1. The highest BCUT2D eigenvalue weighted by Gasteiger charge is 2.18. The quantitative estimate of drug-likeness (QED) is 0.700. The lowest BCUT2D eigenvalue weighted by molar-refractivity contribution is -0.139. The van der Waals surface area contributed by atoms with Crippen molar-refractivity contribution in [3.05, 3.63) is 45.9 Å². The highest BCUT2D eigenvalue weighted by atomic mass is 35.5. The second kappa shape index (κ2) is 6.71. The molecule has 1 aromatic heterocycles. The topological polar surface area (TPSA) is 72.6 Å². The first-order valence-corrected chi connectivity index (χ1v) is 7.98. The molecule has 0 aliphatic heterocycles. The van der Waals surface area contributed by atoms with E-state index in [4.69, 9.17) is 37.6 Å². The fourth-order valence-corrected chi connectivity index (χ4v) is 2.83. The second-order valence-corrected chi connectivity index (χ2v) is 5.89. The van der Waals surface area contributed by atoms with Crippen molar-refractivity contribution in [3.63, 3.8) is 0 Å². The first-order chi connectivity index (χ1) is 11.5. The molecule has 2 aromatic carbocycles. The van der Waals surface area contributed by atoms with E-state index in [0.29, 0.717) is 16.8 Å². The number of hydrogen-bond donors (Lipinski definition) is 1. The average Bonchev–Trinajstić information content (AvgIpc) is 2.99. The minimum atomic E-state index is -1.10. The smallest absolute Gasteiger partial charge is 0.341 e. The number of aryl methyl sites for hydroxylation is 1. The normalized spacial score (nSPS) is 11.0. The van der Waals surface area contributed by atoms with Gasteiger partial charge in [-0.15, -0.1) is 0 Å². The Morgan fingerprint density at radius 1 is 1.25 bits per heavy atom. The van der Waals surface area contributed by atoms with Crippen LogP contribution in [0.15, 0.2) is 34.9 Å². The van der Waals surface area contributed by atoms with Crippen LogP contribution in [0, 0.1) is 0 Å². The van der Waals surface area contributed by atoms with Crippen molar-refractivity contribution >= 4 is 40.1 Å². The summed E-state index contributed by atoms with van der Waals surface area (Å²) in [7, 11) is 0. The van der Waals surface area contributed by atoms with Gasteiger partial charge in [-0.1, -0.05) is 41.3 Å². The molecule has 124 valence electrons. The average molecular weight is 366 g/mol. The number of nitrogens with zero attached hydrogens (tertiary/aromatic N) is 1. The molecule has 1 N–H and O–H groups in total. The minimum Gasteiger partial charge on any atom is -0.480 e. The van der Waals surface area contributed by atoms with Crippen molar-refractivity contribution in [1.29, 1.82) is 0 Å². The molecule has 3 rings (SSSR count). The van der Waals surface area contributed by atoms with Crippen LogP contribution >= 0.6 is 23.2 Å². The number of aliphatic carboxylic acids is 1. The van der Waals surface area contributed by atoms with Gasteiger partial charge in [0, 0.05) is 5.56 Å². The zero-order chi connectivity index (χ0) is 17.3. The Labute approximate surface area is 147 Å². The number of hydrogen-bond acceptors (Lipinski definition) is 4. The van der Waals surface area contributed by atoms with Crippen LogP contribution in [0.2, 0.25) is 10.0 Å². The fraction of sp³-hybridized carbons (Fsp3) is 0.176. The van der Waals surface area contributed by atoms with E-state index in [1.807, 2.05) is 18.2 Å². The van der Waals surface area contributed by atoms with Crippen LogP contribution in [0.1, 0.15) is 12.5 Å². The Morgan fingerprint density at radius 2 is 2.04 bits per heavy atom. The van der Waals surface area contributed by atoms with Crippen molar-refractivity contribution in [3.8, 4) is 17.0 Å². The van der Waals surface area contributed by atoms with Gasteiger partial charge in [0.2, 0.25) is 0 Å². The number of halogens is 2. The summed E-state index contributed by atoms with van der Waals surface area (Å²) in [6.45, 7) is 1.56. The number of fused-ring (bicyclic) bond motifs is 1. The Kier molecular flexibility index (Phi) is 4.64. The molecule has 0 saturated heterocycles. The van der Waals surface area contributed by atoms with E-state index in [1.54, 1.807) is 12.1 Å². The molecule has 3 aromatic rings. The maximum Gasteiger partial charge on any atom is 0.341 e. The molecule has 0 unspecified atom stereocenters. The van der Waals surface area contributed by atoms with Crippen molar-refractivity contribution < 1.29 is 19.2 Å². The highest BCUT2D eigenvalue weighted by molar-refractivity contribution is 6.44. The number of carboxylic acid groups (broad SMARTS) is 1. The van der Waals surface area contributed by atoms with Gasteiger partial charge in [-0.2, -0.15) is 0 Å². The molecule has 0 atom stereocenters. The molecule has 0 radical (unpaired) electrons. The van der Waals surface area contributed by atoms with Gasteiger partial charge in [0.05, 0.1) is 10.4 Å². The van der Waals surface area contributed by atoms with E-state index in [2.05, 4.69) is 12.1 Å². The van der Waals surface area contributed by atoms with E-state index in [-0.39, 0.29) is 15.8 Å². The number of carbonyl (C=O) groups is 1. The van der Waals surface area contributed by atoms with Crippen molar-refractivity contribution in [2.24, 2.45) is 0 Å². The summed E-state index contributed by atoms with van der Waals surface area (Å²) in [5.74, 6) is -0.893. The Morgan fingerprint density at radius 3 is 2.75 bits per heavy atom. The van der Waals surface area contributed by atoms with Crippen LogP contribution in [0.4, 0.5) is 0 Å². The van der Waals surface area contributed by atoms with Crippen LogP contribution in [-0.4, -0.2) is 22.8 Å². The van der Waals surface area contributed by atoms with Crippen LogP contribution < -0.4 is 4.74 Å². The predicted octanol–water partition coefficient (Wildman–Crippen LogP) is 4.83. The lowest BCUT2D eigenvalue weighted by Gasteiger charge is -2.09. The highest BCUT2D eigenvalue weighted by Crippen LogP contribution is 2.41. The number of benzene rings is 2. The third-order valence-electron chi connectivity index (χ3n) is 3.60. The zero-order valence-corrected chi connectivity index (χ0v) is 14.2. The largest absolute Gasteiger partial charge is 0.480 e. The lowest BCUT2D eigenvalue weighted by Crippen LogP contribution is -2.09. The van der Waals surface area contributed by atoms with Crippen molar-refractivity contribution in [2.75, 3.05) is 6.61 Å². The van der Waals surface area contributed by atoms with Gasteiger partial charge >= 0.3 is 5.97 Å². The molecule has 24 heavy (non-hydrogen) atoms. The summed E-state index contributed by atoms with van der Waals surface area (Å²) in [4.78, 5) is 10.6. The Balaban J connectivity index is 2.07. The molecular formula is C17H13Cl2NO4. The van der Waals surface area contributed by atoms with Crippen LogP contribution in [0.5, 0.6) is 5.75 Å². The van der Waals surface area contributed by atoms with Gasteiger partial charge < -0.3 is 14.4 Å². The summed E-state index contributed by atoms with van der Waals surface area (Å²) in [6.07, 6.45) is 0.886. The molecule has 0 saturated carbocycles. The Bertz CT molecular complexity index is 920. The van der Waals surface area contributed by atoms with Gasteiger partial charge in [0.1, 0.15) is 16.5 Å². The second-order valence-electron chi connectivity index (χ2n) is 5.14. The van der Waals surface area contributed by atoms with E-state index >= 15 is 0 Å². The molecule has 0 fully saturated rings. The number of ether oxygens (including phenoxy) is 1. The Hall–Kier alpha value is -2.24. The van der Waals surface area contributed by atoms with Crippen molar-refractivity contribution in [1.82, 2.24) is 5.16 Å². The number of carboxylic acids is 1. The third kappa shape index (κ3) is 3.05. The molecule has 5 nitrogen and oxygen atoms in total. The first-order valence-electron chi connectivity index (χ1n) is 7.22. The zero-order valence-electron chi connectivity index (χ0n) is 12.7. The van der Waals surface area contributed by atoms with Gasteiger partial charge in [0.25, 0.3) is 0 Å². The summed E-state index contributed by atoms with van der Waals surface area (Å²) >= 11 is 12.5. The molecular weight excluding hydrogens is 353 g/mol. The van der Waals surface area contributed by atoms with E-state index in [1.165, 1.54) is 0 Å². The van der Waals surface area contributed by atoms with Crippen LogP contribution in [0.25, 0.3) is 22.2 Å². The van der Waals surface area contributed by atoms with Crippen LogP contribution in [-0.2, 0) is 11.2 Å². The van der Waals surface area contributed by atoms with Gasteiger partial charge in [-0.25, -0.2) is 4.79 Å². The molecule has 7 heteroatoms. The predicted molar refractivity (Wildman–Crippen MR) is 92.0 cm³/mol. The monoisotopic (exact) mass is 365 g/mol. The molecule has 0 bridgehead atoms. The molecule has 0 spiro atoms. The maximum atomic E-state index is 10.6. The lowest BCUT2D eigenvalue weighted by atomic mass is 10.0. The summed E-state index contributed by atoms with van der Waals surface area (Å²) in [6, 6.07) is 9.09. The fourth-order valence-electron chi connectivity index (χ4n) is 2.37. The van der Waals surface area contributed by atoms with E-state index in [9.17, 15) is 4.79 Å². The standard InChI is InChI=1S/C17H13Cl2NO4/c1-2-9-3-5-12-11(7-9)17(20-24-12)10-4-6-13(16(19)15(10)18)23-8-14(21)22/h3-7H,2,8H2,1H3,(H,21,22). The van der Waals surface area contributed by atoms with Gasteiger partial charge in [-0.3, -0.25) is 0 Å².